The third kappa shape index (κ3) is 5.04. The number of hydrogen-bond acceptors (Lipinski definition) is 5. The highest BCUT2D eigenvalue weighted by molar-refractivity contribution is 7.92. The van der Waals surface area contributed by atoms with Crippen LogP contribution < -0.4 is 9.62 Å². The van der Waals surface area contributed by atoms with Gasteiger partial charge in [-0.15, -0.1) is 0 Å². The van der Waals surface area contributed by atoms with Crippen molar-refractivity contribution in [3.05, 3.63) is 87.9 Å². The van der Waals surface area contributed by atoms with Crippen LogP contribution >= 0.6 is 23.2 Å². The van der Waals surface area contributed by atoms with E-state index >= 15 is 0 Å². The predicted molar refractivity (Wildman–Crippen MR) is 131 cm³/mol. The van der Waals surface area contributed by atoms with Crippen molar-refractivity contribution >= 4 is 56.5 Å². The van der Waals surface area contributed by atoms with Gasteiger partial charge in [0.25, 0.3) is 15.9 Å². The molecule has 34 heavy (non-hydrogen) atoms. The zero-order valence-corrected chi connectivity index (χ0v) is 20.3. The number of halogens is 2. The minimum absolute atomic E-state index is 0.0137. The molecule has 1 atom stereocenters. The summed E-state index contributed by atoms with van der Waals surface area (Å²) in [6, 6.07) is 17.1. The third-order valence-electron chi connectivity index (χ3n) is 5.25. The Labute approximate surface area is 207 Å². The van der Waals surface area contributed by atoms with Crippen LogP contribution in [0.1, 0.15) is 22.8 Å². The van der Waals surface area contributed by atoms with E-state index in [9.17, 15) is 18.0 Å². The molecule has 3 aromatic carbocycles. The summed E-state index contributed by atoms with van der Waals surface area (Å²) in [6.07, 6.45) is 0.601. The molecule has 0 radical (unpaired) electrons. The van der Waals surface area contributed by atoms with Crippen LogP contribution in [0.15, 0.2) is 71.6 Å². The fourth-order valence-electron chi connectivity index (χ4n) is 3.84. The first kappa shape index (κ1) is 24.1. The lowest BCUT2D eigenvalue weighted by molar-refractivity contribution is -0.119. The second-order valence-corrected chi connectivity index (χ2v) is 10.5. The summed E-state index contributed by atoms with van der Waals surface area (Å²) in [4.78, 5) is 24.6. The Hall–Kier alpha value is -3.07. The number of carbonyl (C=O) groups excluding carboxylic acids is 2. The number of amides is 1. The fourth-order valence-corrected chi connectivity index (χ4v) is 6.10. The van der Waals surface area contributed by atoms with Crippen molar-refractivity contribution in [3.63, 3.8) is 0 Å². The highest BCUT2D eigenvalue weighted by Crippen LogP contribution is 2.36. The standard InChI is InChI=1S/C24H20Cl2N2O5S/c1-15-9-16-5-2-3-8-22(16)28(15)34(31,32)21-7-4-6-17(10-21)24(30)33-14-23(29)27-20-12-18(25)11-19(26)13-20/h2-8,10-13,15H,9,14H2,1H3,(H,27,29)/t15-/m1/s1. The van der Waals surface area contributed by atoms with Crippen molar-refractivity contribution in [1.82, 2.24) is 0 Å². The van der Waals surface area contributed by atoms with Gasteiger partial charge in [-0.25, -0.2) is 13.2 Å². The van der Waals surface area contributed by atoms with Crippen molar-refractivity contribution in [2.45, 2.75) is 24.3 Å². The molecule has 0 saturated heterocycles. The van der Waals surface area contributed by atoms with Crippen LogP contribution in [0.25, 0.3) is 0 Å². The maximum atomic E-state index is 13.4. The number of para-hydroxylation sites is 1. The van der Waals surface area contributed by atoms with Crippen LogP contribution in [0.3, 0.4) is 0 Å². The molecule has 0 fully saturated rings. The van der Waals surface area contributed by atoms with Gasteiger partial charge in [-0.2, -0.15) is 0 Å². The molecule has 4 rings (SSSR count). The van der Waals surface area contributed by atoms with E-state index in [1.807, 2.05) is 19.1 Å². The van der Waals surface area contributed by atoms with E-state index in [4.69, 9.17) is 27.9 Å². The summed E-state index contributed by atoms with van der Waals surface area (Å²) >= 11 is 11.8. The largest absolute Gasteiger partial charge is 0.452 e. The summed E-state index contributed by atoms with van der Waals surface area (Å²) in [5.41, 5.74) is 1.94. The van der Waals surface area contributed by atoms with Crippen molar-refractivity contribution in [1.29, 1.82) is 0 Å². The lowest BCUT2D eigenvalue weighted by Gasteiger charge is -2.24. The van der Waals surface area contributed by atoms with Crippen LogP contribution in [-0.4, -0.2) is 32.9 Å². The van der Waals surface area contributed by atoms with Crippen LogP contribution in [0, 0.1) is 0 Å². The average Bonchev–Trinajstić information content (AvgIpc) is 3.13. The van der Waals surface area contributed by atoms with Crippen molar-refractivity contribution in [2.24, 2.45) is 0 Å². The molecule has 0 aromatic heterocycles. The third-order valence-corrected chi connectivity index (χ3v) is 7.61. The molecule has 0 aliphatic carbocycles. The number of ether oxygens (including phenoxy) is 1. The van der Waals surface area contributed by atoms with Crippen molar-refractivity contribution in [3.8, 4) is 0 Å². The number of nitrogens with zero attached hydrogens (tertiary/aromatic N) is 1. The molecule has 176 valence electrons. The molecule has 1 aliphatic rings. The molecule has 3 aromatic rings. The van der Waals surface area contributed by atoms with E-state index in [-0.39, 0.29) is 16.5 Å². The average molecular weight is 519 g/mol. The molecule has 7 nitrogen and oxygen atoms in total. The predicted octanol–water partition coefficient (Wildman–Crippen LogP) is 4.93. The number of hydrogen-bond donors (Lipinski definition) is 1. The Morgan fingerprint density at radius 1 is 1.03 bits per heavy atom. The maximum Gasteiger partial charge on any atom is 0.338 e. The lowest BCUT2D eigenvalue weighted by Crippen LogP contribution is -2.35. The molecule has 0 unspecified atom stereocenters. The van der Waals surface area contributed by atoms with Crippen molar-refractivity contribution in [2.75, 3.05) is 16.2 Å². The molecule has 0 bridgehead atoms. The normalized spacial score (nSPS) is 15.0. The molecule has 0 saturated carbocycles. The lowest BCUT2D eigenvalue weighted by atomic mass is 10.1. The SMILES string of the molecule is C[C@@H]1Cc2ccccc2N1S(=O)(=O)c1cccc(C(=O)OCC(=O)Nc2cc(Cl)cc(Cl)c2)c1. The highest BCUT2D eigenvalue weighted by atomic mass is 35.5. The number of sulfonamides is 1. The topological polar surface area (TPSA) is 92.8 Å². The van der Waals surface area contributed by atoms with E-state index < -0.39 is 28.5 Å². The van der Waals surface area contributed by atoms with Gasteiger partial charge in [-0.1, -0.05) is 47.5 Å². The fraction of sp³-hybridized carbons (Fsp3) is 0.167. The molecular weight excluding hydrogens is 499 g/mol. The monoisotopic (exact) mass is 518 g/mol. The van der Waals surface area contributed by atoms with E-state index in [2.05, 4.69) is 5.32 Å². The second-order valence-electron chi connectivity index (χ2n) is 7.79. The van der Waals surface area contributed by atoms with Gasteiger partial charge in [-0.3, -0.25) is 9.10 Å². The van der Waals surface area contributed by atoms with Crippen molar-refractivity contribution < 1.29 is 22.7 Å². The summed E-state index contributed by atoms with van der Waals surface area (Å²) < 4.78 is 33.2. The second kappa shape index (κ2) is 9.66. The zero-order chi connectivity index (χ0) is 24.5. The van der Waals surface area contributed by atoms with E-state index in [0.29, 0.717) is 27.8 Å². The van der Waals surface area contributed by atoms with Gasteiger partial charge in [0, 0.05) is 21.8 Å². The number of fused-ring (bicyclic) bond motifs is 1. The Morgan fingerprint density at radius 2 is 1.74 bits per heavy atom. The van der Waals surface area contributed by atoms with Gasteiger partial charge in [0.05, 0.1) is 16.1 Å². The summed E-state index contributed by atoms with van der Waals surface area (Å²) in [7, 11) is -3.92. The molecule has 1 aliphatic heterocycles. The number of nitrogens with one attached hydrogen (secondary N) is 1. The Balaban J connectivity index is 1.47. The van der Waals surface area contributed by atoms with Gasteiger partial charge in [0.2, 0.25) is 0 Å². The molecule has 1 amide bonds. The first-order valence-corrected chi connectivity index (χ1v) is 12.5. The summed E-state index contributed by atoms with van der Waals surface area (Å²) in [5.74, 6) is -1.43. The van der Waals surface area contributed by atoms with Gasteiger partial charge in [0.15, 0.2) is 6.61 Å². The van der Waals surface area contributed by atoms with Gasteiger partial charge < -0.3 is 10.1 Å². The molecule has 1 heterocycles. The molecule has 10 heteroatoms. The Morgan fingerprint density at radius 3 is 2.47 bits per heavy atom. The quantitative estimate of drug-likeness (QED) is 0.467. The molecule has 0 spiro atoms. The molecular formula is C24H20Cl2N2O5S. The van der Waals surface area contributed by atoms with Crippen LogP contribution in [0.4, 0.5) is 11.4 Å². The first-order valence-electron chi connectivity index (χ1n) is 10.3. The number of benzene rings is 3. The van der Waals surface area contributed by atoms with Gasteiger partial charge >= 0.3 is 5.97 Å². The van der Waals surface area contributed by atoms with Gasteiger partial charge in [-0.05, 0) is 61.4 Å². The zero-order valence-electron chi connectivity index (χ0n) is 18.0. The first-order chi connectivity index (χ1) is 16.1. The Bertz CT molecular complexity index is 1360. The van der Waals surface area contributed by atoms with Gasteiger partial charge in [0.1, 0.15) is 0 Å². The van der Waals surface area contributed by atoms with Crippen LogP contribution in [0.5, 0.6) is 0 Å². The van der Waals surface area contributed by atoms with Crippen LogP contribution in [-0.2, 0) is 26.0 Å². The maximum absolute atomic E-state index is 13.4. The Kier molecular flexibility index (Phi) is 6.84. The minimum atomic E-state index is -3.92. The minimum Gasteiger partial charge on any atom is -0.452 e. The summed E-state index contributed by atoms with van der Waals surface area (Å²) in [6.45, 7) is 1.26. The number of esters is 1. The van der Waals surface area contributed by atoms with E-state index in [0.717, 1.165) is 5.56 Å². The molecule has 1 N–H and O–H groups in total. The number of rotatable bonds is 6. The summed E-state index contributed by atoms with van der Waals surface area (Å²) in [5, 5.41) is 3.21. The highest BCUT2D eigenvalue weighted by Gasteiger charge is 2.36. The van der Waals surface area contributed by atoms with Crippen LogP contribution in [0.2, 0.25) is 10.0 Å². The smallest absolute Gasteiger partial charge is 0.338 e. The number of carbonyl (C=O) groups is 2. The number of anilines is 2. The van der Waals surface area contributed by atoms with E-state index in [1.165, 1.54) is 46.8 Å². The van der Waals surface area contributed by atoms with E-state index in [1.54, 1.807) is 12.1 Å².